The first-order valence-electron chi connectivity index (χ1n) is 7.90. The molecule has 1 N–H and O–H groups in total. The molecule has 0 atom stereocenters. The summed E-state index contributed by atoms with van der Waals surface area (Å²) in [5.74, 6) is 0.193. The average molecular weight is 374 g/mol. The van der Waals surface area contributed by atoms with E-state index in [0.29, 0.717) is 29.0 Å². The molecule has 0 aliphatic carbocycles. The molecule has 6 nitrogen and oxygen atoms in total. The van der Waals surface area contributed by atoms with Crippen LogP contribution in [0.15, 0.2) is 47.6 Å². The quantitative estimate of drug-likeness (QED) is 0.740. The molecular weight excluding hydrogens is 355 g/mol. The maximum atomic E-state index is 14.1. The minimum atomic E-state index is -3.33. The lowest BCUT2D eigenvalue weighted by atomic mass is 10.1. The van der Waals surface area contributed by atoms with Gasteiger partial charge in [-0.2, -0.15) is 0 Å². The highest BCUT2D eigenvalue weighted by atomic mass is 32.2. The molecule has 0 saturated carbocycles. The van der Waals surface area contributed by atoms with Crippen molar-refractivity contribution in [3.8, 4) is 0 Å². The van der Waals surface area contributed by atoms with E-state index in [2.05, 4.69) is 15.3 Å². The maximum Gasteiger partial charge on any atom is 0.175 e. The molecule has 0 bridgehead atoms. The lowest BCUT2D eigenvalue weighted by molar-refractivity contribution is 0.602. The van der Waals surface area contributed by atoms with Crippen LogP contribution in [-0.4, -0.2) is 38.7 Å². The topological polar surface area (TPSA) is 75.2 Å². The number of halogens is 1. The lowest BCUT2D eigenvalue weighted by Crippen LogP contribution is -2.11. The summed E-state index contributed by atoms with van der Waals surface area (Å²) in [6.07, 6.45) is 2.56. The fraction of sp³-hybridized carbons (Fsp3) is 0.222. The van der Waals surface area contributed by atoms with E-state index in [4.69, 9.17) is 0 Å². The Labute approximate surface area is 151 Å². The summed E-state index contributed by atoms with van der Waals surface area (Å²) in [4.78, 5) is 10.3. The third-order valence-corrected chi connectivity index (χ3v) is 5.10. The summed E-state index contributed by atoms with van der Waals surface area (Å²) in [6.45, 7) is 0.347. The molecule has 1 aromatic heterocycles. The SMILES string of the molecule is CN(C)c1ccc(CNc2ncnc3ccc(S(C)(=O)=O)cc23)cc1F. The van der Waals surface area contributed by atoms with Crippen LogP contribution in [0, 0.1) is 5.82 Å². The Balaban J connectivity index is 1.90. The number of aromatic nitrogens is 2. The second-order valence-electron chi connectivity index (χ2n) is 6.21. The summed E-state index contributed by atoms with van der Waals surface area (Å²) in [5, 5.41) is 3.73. The van der Waals surface area contributed by atoms with Crippen LogP contribution in [0.5, 0.6) is 0 Å². The van der Waals surface area contributed by atoms with Crippen LogP contribution in [0.2, 0.25) is 0 Å². The van der Waals surface area contributed by atoms with Gasteiger partial charge in [0.25, 0.3) is 0 Å². The van der Waals surface area contributed by atoms with Crippen molar-refractivity contribution >= 4 is 32.2 Å². The molecule has 0 amide bonds. The van der Waals surface area contributed by atoms with Crippen molar-refractivity contribution < 1.29 is 12.8 Å². The second kappa shape index (κ2) is 6.87. The Morgan fingerprint density at radius 2 is 1.88 bits per heavy atom. The number of fused-ring (bicyclic) bond motifs is 1. The van der Waals surface area contributed by atoms with E-state index in [1.54, 1.807) is 37.2 Å². The molecule has 0 spiro atoms. The number of sulfone groups is 1. The first kappa shape index (κ1) is 18.1. The first-order valence-corrected chi connectivity index (χ1v) is 9.79. The summed E-state index contributed by atoms with van der Waals surface area (Å²) < 4.78 is 37.7. The van der Waals surface area contributed by atoms with Crippen LogP contribution < -0.4 is 10.2 Å². The van der Waals surface area contributed by atoms with Crippen LogP contribution in [0.25, 0.3) is 10.9 Å². The molecule has 0 radical (unpaired) electrons. The number of anilines is 2. The standard InChI is InChI=1S/C18H19FN4O2S/c1-23(2)17-7-4-12(8-15(17)19)10-20-18-14-9-13(26(3,24)25)5-6-16(14)21-11-22-18/h4-9,11H,10H2,1-3H3,(H,20,21,22). The van der Waals surface area contributed by atoms with Crippen LogP contribution in [0.3, 0.4) is 0 Å². The highest BCUT2D eigenvalue weighted by Crippen LogP contribution is 2.24. The van der Waals surface area contributed by atoms with Gasteiger partial charge in [0.2, 0.25) is 0 Å². The first-order chi connectivity index (χ1) is 12.3. The van der Waals surface area contributed by atoms with Gasteiger partial charge in [0.1, 0.15) is 18.0 Å². The highest BCUT2D eigenvalue weighted by molar-refractivity contribution is 7.90. The molecule has 0 fully saturated rings. The van der Waals surface area contributed by atoms with Crippen molar-refractivity contribution in [2.45, 2.75) is 11.4 Å². The van der Waals surface area contributed by atoms with Crippen molar-refractivity contribution in [1.82, 2.24) is 9.97 Å². The molecule has 2 aromatic carbocycles. The van der Waals surface area contributed by atoms with Crippen molar-refractivity contribution in [1.29, 1.82) is 0 Å². The van der Waals surface area contributed by atoms with Gasteiger partial charge >= 0.3 is 0 Å². The Morgan fingerprint density at radius 3 is 2.54 bits per heavy atom. The molecular formula is C18H19FN4O2S. The summed E-state index contributed by atoms with van der Waals surface area (Å²) in [6, 6.07) is 9.72. The largest absolute Gasteiger partial charge is 0.375 e. The Hall–Kier alpha value is -2.74. The summed E-state index contributed by atoms with van der Waals surface area (Å²) in [7, 11) is 0.227. The predicted octanol–water partition coefficient (Wildman–Crippen LogP) is 2.85. The van der Waals surface area contributed by atoms with Gasteiger partial charge in [0, 0.05) is 32.3 Å². The zero-order valence-electron chi connectivity index (χ0n) is 14.7. The van der Waals surface area contributed by atoms with Crippen LogP contribution in [0.1, 0.15) is 5.56 Å². The zero-order valence-corrected chi connectivity index (χ0v) is 15.5. The number of nitrogens with one attached hydrogen (secondary N) is 1. The van der Waals surface area contributed by atoms with E-state index in [0.717, 1.165) is 11.8 Å². The lowest BCUT2D eigenvalue weighted by Gasteiger charge is -2.15. The van der Waals surface area contributed by atoms with E-state index < -0.39 is 9.84 Å². The minimum Gasteiger partial charge on any atom is -0.375 e. The van der Waals surface area contributed by atoms with E-state index in [1.165, 1.54) is 18.5 Å². The molecule has 0 aliphatic heterocycles. The average Bonchev–Trinajstić information content (AvgIpc) is 2.58. The van der Waals surface area contributed by atoms with Gasteiger partial charge in [-0.15, -0.1) is 0 Å². The van der Waals surface area contributed by atoms with Crippen LogP contribution >= 0.6 is 0 Å². The van der Waals surface area contributed by atoms with Gasteiger partial charge in [0.15, 0.2) is 9.84 Å². The molecule has 1 heterocycles. The van der Waals surface area contributed by atoms with E-state index in [-0.39, 0.29) is 10.7 Å². The maximum absolute atomic E-state index is 14.1. The third-order valence-electron chi connectivity index (χ3n) is 3.99. The number of hydrogen-bond donors (Lipinski definition) is 1. The normalized spacial score (nSPS) is 11.5. The molecule has 3 rings (SSSR count). The fourth-order valence-corrected chi connectivity index (χ4v) is 3.26. The summed E-state index contributed by atoms with van der Waals surface area (Å²) in [5.41, 5.74) is 1.89. The monoisotopic (exact) mass is 374 g/mol. The number of rotatable bonds is 5. The molecule has 0 unspecified atom stereocenters. The second-order valence-corrected chi connectivity index (χ2v) is 8.22. The molecule has 8 heteroatoms. The number of nitrogens with zero attached hydrogens (tertiary/aromatic N) is 3. The van der Waals surface area contributed by atoms with Gasteiger partial charge in [0.05, 0.1) is 16.1 Å². The zero-order chi connectivity index (χ0) is 18.9. The van der Waals surface area contributed by atoms with Crippen LogP contribution in [0.4, 0.5) is 15.9 Å². The summed E-state index contributed by atoms with van der Waals surface area (Å²) >= 11 is 0. The Kier molecular flexibility index (Phi) is 4.78. The Morgan fingerprint density at radius 1 is 1.12 bits per heavy atom. The van der Waals surface area contributed by atoms with Gasteiger partial charge in [-0.25, -0.2) is 22.8 Å². The minimum absolute atomic E-state index is 0.198. The van der Waals surface area contributed by atoms with Gasteiger partial charge in [-0.1, -0.05) is 6.07 Å². The van der Waals surface area contributed by atoms with E-state index >= 15 is 0 Å². The smallest absolute Gasteiger partial charge is 0.175 e. The van der Waals surface area contributed by atoms with Gasteiger partial charge in [-0.3, -0.25) is 0 Å². The van der Waals surface area contributed by atoms with E-state index in [1.807, 2.05) is 6.07 Å². The van der Waals surface area contributed by atoms with Gasteiger partial charge < -0.3 is 10.2 Å². The predicted molar refractivity (Wildman–Crippen MR) is 101 cm³/mol. The molecule has 26 heavy (non-hydrogen) atoms. The Bertz CT molecular complexity index is 1070. The molecule has 0 aliphatic rings. The van der Waals surface area contributed by atoms with Gasteiger partial charge in [-0.05, 0) is 35.9 Å². The number of benzene rings is 2. The molecule has 0 saturated heterocycles. The fourth-order valence-electron chi connectivity index (χ4n) is 2.62. The molecule has 136 valence electrons. The third kappa shape index (κ3) is 3.75. The van der Waals surface area contributed by atoms with Crippen molar-refractivity contribution in [2.75, 3.05) is 30.6 Å². The van der Waals surface area contributed by atoms with E-state index in [9.17, 15) is 12.8 Å². The van der Waals surface area contributed by atoms with Crippen molar-refractivity contribution in [3.05, 3.63) is 54.1 Å². The van der Waals surface area contributed by atoms with Crippen molar-refractivity contribution in [2.24, 2.45) is 0 Å². The van der Waals surface area contributed by atoms with Crippen LogP contribution in [-0.2, 0) is 16.4 Å². The highest BCUT2D eigenvalue weighted by Gasteiger charge is 2.11. The molecule has 3 aromatic rings. The number of hydrogen-bond acceptors (Lipinski definition) is 6. The van der Waals surface area contributed by atoms with Crippen molar-refractivity contribution in [3.63, 3.8) is 0 Å².